The third-order valence-electron chi connectivity index (χ3n) is 1.85. The van der Waals surface area contributed by atoms with Crippen LogP contribution in [0.5, 0.6) is 0 Å². The van der Waals surface area contributed by atoms with Crippen molar-refractivity contribution in [2.75, 3.05) is 5.73 Å². The first-order chi connectivity index (χ1) is 6.68. The third-order valence-corrected chi connectivity index (χ3v) is 2.65. The average molecular weight is 256 g/mol. The van der Waals surface area contributed by atoms with E-state index in [0.717, 1.165) is 0 Å². The number of anilines is 1. The van der Waals surface area contributed by atoms with Gasteiger partial charge in [0, 0.05) is 5.56 Å². The molecule has 5 heteroatoms. The highest BCUT2D eigenvalue weighted by Crippen LogP contribution is 2.30. The Labute approximate surface area is 88.3 Å². The van der Waals surface area contributed by atoms with Crippen LogP contribution in [0.2, 0.25) is 0 Å². The fourth-order valence-corrected chi connectivity index (χ4v) is 1.58. The molecule has 0 unspecified atom stereocenters. The summed E-state index contributed by atoms with van der Waals surface area (Å²) in [5.74, 6) is 0.0758. The average Bonchev–Trinajstić information content (AvgIpc) is 2.48. The Morgan fingerprint density at radius 3 is 2.79 bits per heavy atom. The van der Waals surface area contributed by atoms with Gasteiger partial charge in [0.2, 0.25) is 0 Å². The molecule has 0 aliphatic heterocycles. The highest BCUT2D eigenvalue weighted by molar-refractivity contribution is 9.10. The van der Waals surface area contributed by atoms with Crippen molar-refractivity contribution in [1.29, 1.82) is 0 Å². The Morgan fingerprint density at radius 2 is 2.21 bits per heavy atom. The SMILES string of the molecule is Nc1n[nH]c(-c2cccc(F)c2)c1Br. The maximum absolute atomic E-state index is 12.9. The largest absolute Gasteiger partial charge is 0.381 e. The lowest BCUT2D eigenvalue weighted by molar-refractivity contribution is 0.628. The first kappa shape index (κ1) is 9.21. The highest BCUT2D eigenvalue weighted by atomic mass is 79.9. The minimum absolute atomic E-state index is 0.289. The summed E-state index contributed by atoms with van der Waals surface area (Å²) >= 11 is 3.27. The molecule has 3 nitrogen and oxygen atoms in total. The smallest absolute Gasteiger partial charge is 0.160 e. The summed E-state index contributed by atoms with van der Waals surface area (Å²) in [5.41, 5.74) is 6.92. The van der Waals surface area contributed by atoms with Crippen LogP contribution in [0.4, 0.5) is 10.2 Å². The first-order valence-corrected chi connectivity index (χ1v) is 4.73. The van der Waals surface area contributed by atoms with Gasteiger partial charge in [-0.3, -0.25) is 5.10 Å². The van der Waals surface area contributed by atoms with Crippen LogP contribution in [-0.2, 0) is 0 Å². The summed E-state index contributed by atoms with van der Waals surface area (Å²) in [5, 5.41) is 6.53. The Balaban J connectivity index is 2.55. The fourth-order valence-electron chi connectivity index (χ4n) is 1.18. The number of nitrogens with zero attached hydrogens (tertiary/aromatic N) is 1. The molecular weight excluding hydrogens is 249 g/mol. The van der Waals surface area contributed by atoms with Gasteiger partial charge in [0.15, 0.2) is 5.82 Å². The second kappa shape index (κ2) is 3.42. The van der Waals surface area contributed by atoms with Crippen LogP contribution >= 0.6 is 15.9 Å². The summed E-state index contributed by atoms with van der Waals surface area (Å²) in [6.07, 6.45) is 0. The van der Waals surface area contributed by atoms with Gasteiger partial charge in [-0.1, -0.05) is 12.1 Å². The molecule has 14 heavy (non-hydrogen) atoms. The van der Waals surface area contributed by atoms with E-state index in [4.69, 9.17) is 5.73 Å². The van der Waals surface area contributed by atoms with Crippen LogP contribution in [-0.4, -0.2) is 10.2 Å². The van der Waals surface area contributed by atoms with E-state index in [1.165, 1.54) is 12.1 Å². The normalized spacial score (nSPS) is 10.4. The lowest BCUT2D eigenvalue weighted by atomic mass is 10.1. The molecule has 0 amide bonds. The van der Waals surface area contributed by atoms with E-state index in [9.17, 15) is 4.39 Å². The van der Waals surface area contributed by atoms with Gasteiger partial charge in [0.05, 0.1) is 10.2 Å². The van der Waals surface area contributed by atoms with Crippen molar-refractivity contribution in [3.63, 3.8) is 0 Å². The van der Waals surface area contributed by atoms with Gasteiger partial charge >= 0.3 is 0 Å². The number of nitrogens with two attached hydrogens (primary N) is 1. The molecule has 72 valence electrons. The maximum atomic E-state index is 12.9. The van der Waals surface area contributed by atoms with Crippen LogP contribution < -0.4 is 5.73 Å². The predicted molar refractivity (Wildman–Crippen MR) is 56.1 cm³/mol. The fraction of sp³-hybridized carbons (Fsp3) is 0. The van der Waals surface area contributed by atoms with E-state index in [1.807, 2.05) is 0 Å². The standard InChI is InChI=1S/C9H7BrFN3/c10-7-8(13-14-9(7)12)5-2-1-3-6(11)4-5/h1-4H,(H3,12,13,14). The van der Waals surface area contributed by atoms with Gasteiger partial charge in [-0.05, 0) is 28.1 Å². The molecule has 3 N–H and O–H groups in total. The van der Waals surface area contributed by atoms with Crippen molar-refractivity contribution in [2.24, 2.45) is 0 Å². The topological polar surface area (TPSA) is 54.7 Å². The Kier molecular flexibility index (Phi) is 2.25. The third kappa shape index (κ3) is 1.50. The Morgan fingerprint density at radius 1 is 1.43 bits per heavy atom. The number of aromatic nitrogens is 2. The Hall–Kier alpha value is -1.36. The van der Waals surface area contributed by atoms with Crippen molar-refractivity contribution in [3.05, 3.63) is 34.6 Å². The molecule has 0 radical (unpaired) electrons. The van der Waals surface area contributed by atoms with Crippen LogP contribution in [0.15, 0.2) is 28.7 Å². The molecular formula is C9H7BrFN3. The zero-order valence-electron chi connectivity index (χ0n) is 7.09. The minimum Gasteiger partial charge on any atom is -0.381 e. The van der Waals surface area contributed by atoms with Gasteiger partial charge in [0.1, 0.15) is 5.82 Å². The minimum atomic E-state index is -0.289. The first-order valence-electron chi connectivity index (χ1n) is 3.94. The zero-order valence-corrected chi connectivity index (χ0v) is 8.68. The zero-order chi connectivity index (χ0) is 10.1. The van der Waals surface area contributed by atoms with Gasteiger partial charge < -0.3 is 5.73 Å². The van der Waals surface area contributed by atoms with Gasteiger partial charge in [-0.15, -0.1) is 0 Å². The number of nitrogen functional groups attached to an aromatic ring is 1. The number of hydrogen-bond acceptors (Lipinski definition) is 2. The van der Waals surface area contributed by atoms with E-state index in [1.54, 1.807) is 12.1 Å². The van der Waals surface area contributed by atoms with Crippen LogP contribution in [0.25, 0.3) is 11.3 Å². The molecule has 0 saturated carbocycles. The summed E-state index contributed by atoms with van der Waals surface area (Å²) in [6.45, 7) is 0. The number of aromatic amines is 1. The van der Waals surface area contributed by atoms with Crippen molar-refractivity contribution in [2.45, 2.75) is 0 Å². The van der Waals surface area contributed by atoms with E-state index in [2.05, 4.69) is 26.1 Å². The maximum Gasteiger partial charge on any atom is 0.160 e. The molecule has 0 aliphatic rings. The molecule has 2 rings (SSSR count). The number of halogens is 2. The second-order valence-corrected chi connectivity index (χ2v) is 3.60. The number of H-pyrrole nitrogens is 1. The van der Waals surface area contributed by atoms with Crippen LogP contribution in [0.1, 0.15) is 0 Å². The van der Waals surface area contributed by atoms with Crippen LogP contribution in [0.3, 0.4) is 0 Å². The van der Waals surface area contributed by atoms with E-state index in [0.29, 0.717) is 21.5 Å². The molecule has 0 spiro atoms. The number of benzene rings is 1. The lowest BCUT2D eigenvalue weighted by Crippen LogP contribution is -1.83. The molecule has 0 fully saturated rings. The number of nitrogens with one attached hydrogen (secondary N) is 1. The monoisotopic (exact) mass is 255 g/mol. The predicted octanol–water partition coefficient (Wildman–Crippen LogP) is 2.56. The second-order valence-electron chi connectivity index (χ2n) is 2.81. The van der Waals surface area contributed by atoms with E-state index < -0.39 is 0 Å². The van der Waals surface area contributed by atoms with Crippen LogP contribution in [0, 0.1) is 5.82 Å². The van der Waals surface area contributed by atoms with Crippen molar-refractivity contribution >= 4 is 21.7 Å². The van der Waals surface area contributed by atoms with Gasteiger partial charge in [0.25, 0.3) is 0 Å². The number of hydrogen-bond donors (Lipinski definition) is 2. The lowest BCUT2D eigenvalue weighted by Gasteiger charge is -1.98. The Bertz CT molecular complexity index is 467. The van der Waals surface area contributed by atoms with Gasteiger partial charge in [-0.25, -0.2) is 4.39 Å². The molecule has 0 aliphatic carbocycles. The molecule has 0 bridgehead atoms. The summed E-state index contributed by atoms with van der Waals surface area (Å²) in [6, 6.07) is 6.21. The number of rotatable bonds is 1. The van der Waals surface area contributed by atoms with Crippen molar-refractivity contribution < 1.29 is 4.39 Å². The molecule has 1 heterocycles. The molecule has 1 aromatic carbocycles. The van der Waals surface area contributed by atoms with Gasteiger partial charge in [-0.2, -0.15) is 5.10 Å². The molecule has 0 saturated heterocycles. The summed E-state index contributed by atoms with van der Waals surface area (Å²) in [4.78, 5) is 0. The van der Waals surface area contributed by atoms with Crippen molar-refractivity contribution in [1.82, 2.24) is 10.2 Å². The molecule has 2 aromatic rings. The highest BCUT2D eigenvalue weighted by Gasteiger charge is 2.09. The van der Waals surface area contributed by atoms with Crippen molar-refractivity contribution in [3.8, 4) is 11.3 Å². The molecule has 0 atom stereocenters. The van der Waals surface area contributed by atoms with E-state index >= 15 is 0 Å². The summed E-state index contributed by atoms with van der Waals surface area (Å²) < 4.78 is 13.6. The summed E-state index contributed by atoms with van der Waals surface area (Å²) in [7, 11) is 0. The molecule has 1 aromatic heterocycles. The quantitative estimate of drug-likeness (QED) is 0.823. The van der Waals surface area contributed by atoms with E-state index in [-0.39, 0.29) is 5.82 Å².